The molecule has 0 spiro atoms. The minimum absolute atomic E-state index is 0.0164. The number of nitrogens with zero attached hydrogens (tertiary/aromatic N) is 1. The molecule has 5 nitrogen and oxygen atoms in total. The maximum absolute atomic E-state index is 12.0. The third-order valence-corrected chi connectivity index (χ3v) is 3.55. The smallest absolute Gasteiger partial charge is 0.326 e. The average molecular weight is 228 g/mol. The van der Waals surface area contributed by atoms with Gasteiger partial charge < -0.3 is 15.0 Å². The van der Waals surface area contributed by atoms with Crippen LogP contribution in [0.3, 0.4) is 0 Å². The summed E-state index contributed by atoms with van der Waals surface area (Å²) in [7, 11) is 4.82. The summed E-state index contributed by atoms with van der Waals surface area (Å²) in [6.45, 7) is 2.46. The molecule has 0 aliphatic carbocycles. The van der Waals surface area contributed by atoms with Crippen LogP contribution in [0.15, 0.2) is 0 Å². The Labute approximate surface area is 96.1 Å². The molecular formula is C11H20N2O3. The minimum atomic E-state index is -0.878. The zero-order chi connectivity index (χ0) is 12.3. The van der Waals surface area contributed by atoms with Crippen molar-refractivity contribution in [3.8, 4) is 0 Å². The Morgan fingerprint density at radius 1 is 1.62 bits per heavy atom. The van der Waals surface area contributed by atoms with Crippen LogP contribution in [0.2, 0.25) is 0 Å². The predicted molar refractivity (Wildman–Crippen MR) is 59.8 cm³/mol. The van der Waals surface area contributed by atoms with Gasteiger partial charge in [0.25, 0.3) is 0 Å². The third-order valence-electron chi connectivity index (χ3n) is 3.55. The number of hydrogen-bond acceptors (Lipinski definition) is 4. The Morgan fingerprint density at radius 2 is 2.25 bits per heavy atom. The molecule has 16 heavy (non-hydrogen) atoms. The van der Waals surface area contributed by atoms with Crippen molar-refractivity contribution in [3.63, 3.8) is 0 Å². The highest BCUT2D eigenvalue weighted by molar-refractivity contribution is 5.91. The predicted octanol–water partition coefficient (Wildman–Crippen LogP) is 0.00590. The molecule has 1 aliphatic heterocycles. The maximum atomic E-state index is 12.0. The molecular weight excluding hydrogens is 208 g/mol. The van der Waals surface area contributed by atoms with E-state index >= 15 is 0 Å². The van der Waals surface area contributed by atoms with E-state index in [0.29, 0.717) is 13.0 Å². The molecule has 5 heteroatoms. The Bertz CT molecular complexity index is 291. The molecule has 1 heterocycles. The van der Waals surface area contributed by atoms with Crippen molar-refractivity contribution in [2.24, 2.45) is 5.92 Å². The first-order valence-corrected chi connectivity index (χ1v) is 5.52. The molecule has 0 bridgehead atoms. The maximum Gasteiger partial charge on any atom is 0.326 e. The van der Waals surface area contributed by atoms with Gasteiger partial charge in [-0.1, -0.05) is 6.92 Å². The number of amides is 1. The molecule has 0 aromatic rings. The standard InChI is InChI=1S/C11H20N2O3/c1-8-9(14)13(3)7-5-6-11(8,12-2)10(15)16-4/h8,12H,5-7H2,1-4H3/t8-,11+/m1/s1. The van der Waals surface area contributed by atoms with Crippen LogP contribution in [0.5, 0.6) is 0 Å². The van der Waals surface area contributed by atoms with Crippen molar-refractivity contribution in [3.05, 3.63) is 0 Å². The average Bonchev–Trinajstić information content (AvgIpc) is 2.41. The zero-order valence-corrected chi connectivity index (χ0v) is 10.4. The van der Waals surface area contributed by atoms with E-state index in [-0.39, 0.29) is 11.9 Å². The number of nitrogens with one attached hydrogen (secondary N) is 1. The minimum Gasteiger partial charge on any atom is -0.468 e. The van der Waals surface area contributed by atoms with Crippen LogP contribution in [0.25, 0.3) is 0 Å². The van der Waals surface area contributed by atoms with Crippen LogP contribution >= 0.6 is 0 Å². The molecule has 0 saturated carbocycles. The third kappa shape index (κ3) is 1.91. The van der Waals surface area contributed by atoms with Gasteiger partial charge in [-0.15, -0.1) is 0 Å². The topological polar surface area (TPSA) is 58.6 Å². The van der Waals surface area contributed by atoms with Crippen LogP contribution in [0.4, 0.5) is 0 Å². The summed E-state index contributed by atoms with van der Waals surface area (Å²) >= 11 is 0. The second-order valence-electron chi connectivity index (χ2n) is 4.30. The Hall–Kier alpha value is -1.10. The second-order valence-corrected chi connectivity index (χ2v) is 4.30. The van der Waals surface area contributed by atoms with Crippen LogP contribution in [0, 0.1) is 5.92 Å². The largest absolute Gasteiger partial charge is 0.468 e. The van der Waals surface area contributed by atoms with E-state index in [1.807, 2.05) is 0 Å². The summed E-state index contributed by atoms with van der Waals surface area (Å²) in [5.74, 6) is -0.777. The van der Waals surface area contributed by atoms with Crippen molar-refractivity contribution < 1.29 is 14.3 Å². The van der Waals surface area contributed by atoms with Crippen molar-refractivity contribution in [1.82, 2.24) is 10.2 Å². The van der Waals surface area contributed by atoms with Crippen LogP contribution < -0.4 is 5.32 Å². The number of likely N-dealkylation sites (N-methyl/N-ethyl adjacent to an activating group) is 1. The Kier molecular flexibility index (Phi) is 3.91. The number of ether oxygens (including phenoxy) is 1. The molecule has 1 rings (SSSR count). The fraction of sp³-hybridized carbons (Fsp3) is 0.818. The highest BCUT2D eigenvalue weighted by atomic mass is 16.5. The first-order valence-electron chi connectivity index (χ1n) is 5.52. The van der Waals surface area contributed by atoms with Crippen LogP contribution in [-0.2, 0) is 14.3 Å². The number of carbonyl (C=O) groups excluding carboxylic acids is 2. The summed E-state index contributed by atoms with van der Waals surface area (Å²) in [6.07, 6.45) is 1.41. The SMILES string of the molecule is CN[C@@]1(C(=O)OC)CCCN(C)C(=O)[C@H]1C. The Balaban J connectivity index is 3.07. The number of esters is 1. The molecule has 92 valence electrons. The molecule has 0 aromatic heterocycles. The van der Waals surface area contributed by atoms with Gasteiger partial charge in [-0.25, -0.2) is 0 Å². The summed E-state index contributed by atoms with van der Waals surface area (Å²) in [6, 6.07) is 0. The van der Waals surface area contributed by atoms with Gasteiger partial charge >= 0.3 is 5.97 Å². The zero-order valence-electron chi connectivity index (χ0n) is 10.4. The van der Waals surface area contributed by atoms with Crippen molar-refractivity contribution in [2.45, 2.75) is 25.3 Å². The van der Waals surface area contributed by atoms with E-state index in [2.05, 4.69) is 5.32 Å². The van der Waals surface area contributed by atoms with E-state index in [1.54, 1.807) is 25.9 Å². The van der Waals surface area contributed by atoms with E-state index in [9.17, 15) is 9.59 Å². The lowest BCUT2D eigenvalue weighted by molar-refractivity contribution is -0.155. The first kappa shape index (κ1) is 13.0. The molecule has 0 radical (unpaired) electrons. The molecule has 0 aromatic carbocycles. The van der Waals surface area contributed by atoms with E-state index < -0.39 is 11.5 Å². The van der Waals surface area contributed by atoms with Crippen molar-refractivity contribution in [1.29, 1.82) is 0 Å². The lowest BCUT2D eigenvalue weighted by Crippen LogP contribution is -2.58. The van der Waals surface area contributed by atoms with E-state index in [4.69, 9.17) is 4.74 Å². The van der Waals surface area contributed by atoms with Crippen molar-refractivity contribution >= 4 is 11.9 Å². The lowest BCUT2D eigenvalue weighted by Gasteiger charge is -2.34. The number of hydrogen-bond donors (Lipinski definition) is 1. The fourth-order valence-electron chi connectivity index (χ4n) is 2.37. The molecule has 1 N–H and O–H groups in total. The van der Waals surface area contributed by atoms with Gasteiger partial charge in [0.15, 0.2) is 0 Å². The first-order chi connectivity index (χ1) is 7.49. The molecule has 2 atom stereocenters. The van der Waals surface area contributed by atoms with Gasteiger partial charge in [-0.3, -0.25) is 9.59 Å². The van der Waals surface area contributed by atoms with Gasteiger partial charge in [-0.05, 0) is 19.9 Å². The highest BCUT2D eigenvalue weighted by Gasteiger charge is 2.48. The summed E-state index contributed by atoms with van der Waals surface area (Å²) in [5.41, 5.74) is -0.878. The lowest BCUT2D eigenvalue weighted by atomic mass is 9.81. The van der Waals surface area contributed by atoms with Crippen LogP contribution in [0.1, 0.15) is 19.8 Å². The van der Waals surface area contributed by atoms with Gasteiger partial charge in [0.2, 0.25) is 5.91 Å². The van der Waals surface area contributed by atoms with E-state index in [1.165, 1.54) is 7.11 Å². The highest BCUT2D eigenvalue weighted by Crippen LogP contribution is 2.29. The number of carbonyl (C=O) groups is 2. The van der Waals surface area contributed by atoms with Crippen LogP contribution in [-0.4, -0.2) is 50.1 Å². The van der Waals surface area contributed by atoms with Gasteiger partial charge in [0, 0.05) is 13.6 Å². The quantitative estimate of drug-likeness (QED) is 0.676. The number of likely N-dealkylation sites (tertiary alicyclic amines) is 1. The molecule has 1 amide bonds. The van der Waals surface area contributed by atoms with Gasteiger partial charge in [0.05, 0.1) is 13.0 Å². The number of rotatable bonds is 2. The van der Waals surface area contributed by atoms with E-state index in [0.717, 1.165) is 6.42 Å². The Morgan fingerprint density at radius 3 is 2.75 bits per heavy atom. The molecule has 1 fully saturated rings. The summed E-state index contributed by atoms with van der Waals surface area (Å²) in [4.78, 5) is 25.6. The summed E-state index contributed by atoms with van der Waals surface area (Å²) in [5, 5.41) is 2.99. The number of methoxy groups -OCH3 is 1. The fourth-order valence-corrected chi connectivity index (χ4v) is 2.37. The summed E-state index contributed by atoms with van der Waals surface area (Å²) < 4.78 is 4.82. The van der Waals surface area contributed by atoms with Gasteiger partial charge in [0.1, 0.15) is 5.54 Å². The van der Waals surface area contributed by atoms with Crippen molar-refractivity contribution in [2.75, 3.05) is 27.7 Å². The molecule has 1 saturated heterocycles. The molecule has 0 unspecified atom stereocenters. The van der Waals surface area contributed by atoms with Gasteiger partial charge in [-0.2, -0.15) is 0 Å². The second kappa shape index (κ2) is 4.82. The monoisotopic (exact) mass is 228 g/mol. The molecule has 1 aliphatic rings. The normalized spacial score (nSPS) is 31.1.